The molecule has 4 aromatic rings. The number of para-hydroxylation sites is 1. The lowest BCUT2D eigenvalue weighted by Gasteiger charge is -2.05. The molecule has 138 valence electrons. The normalized spacial score (nSPS) is 11.4. The van der Waals surface area contributed by atoms with Gasteiger partial charge in [0.15, 0.2) is 0 Å². The van der Waals surface area contributed by atoms with Gasteiger partial charge in [0.1, 0.15) is 17.4 Å². The fourth-order valence-electron chi connectivity index (χ4n) is 3.26. The number of nitriles is 1. The van der Waals surface area contributed by atoms with Crippen LogP contribution < -0.4 is 0 Å². The van der Waals surface area contributed by atoms with Crippen molar-refractivity contribution in [1.29, 1.82) is 5.26 Å². The molecule has 4 rings (SSSR count). The minimum absolute atomic E-state index is 0.368. The predicted molar refractivity (Wildman–Crippen MR) is 120 cm³/mol. The third-order valence-corrected chi connectivity index (χ3v) is 5.60. The van der Waals surface area contributed by atoms with E-state index >= 15 is 0 Å². The lowest BCUT2D eigenvalue weighted by molar-refractivity contribution is 0.542. The maximum absolute atomic E-state index is 9.38. The monoisotopic (exact) mass is 479 g/mol. The predicted octanol–water partition coefficient (Wildman–Crippen LogP) is 6.13. The van der Waals surface area contributed by atoms with Crippen LogP contribution in [0.5, 0.6) is 0 Å². The Labute approximate surface area is 177 Å². The Morgan fingerprint density at radius 1 is 1.14 bits per heavy atom. The van der Waals surface area contributed by atoms with Gasteiger partial charge in [-0.1, -0.05) is 30.3 Å². The molecule has 0 aliphatic heterocycles. The van der Waals surface area contributed by atoms with Crippen LogP contribution in [0.3, 0.4) is 0 Å². The van der Waals surface area contributed by atoms with E-state index in [1.165, 1.54) is 9.13 Å². The van der Waals surface area contributed by atoms with Crippen LogP contribution in [0.4, 0.5) is 5.88 Å². The van der Waals surface area contributed by atoms with E-state index in [1.807, 2.05) is 26.0 Å². The maximum atomic E-state index is 9.38. The Morgan fingerprint density at radius 2 is 1.89 bits per heavy atom. The SMILES string of the molecule is Cc1oc(N=Cc2cn(Cc3ccc(I)cc3)c3ccccc23)c(C#N)c1C. The lowest BCUT2D eigenvalue weighted by atomic mass is 10.2. The topological polar surface area (TPSA) is 54.2 Å². The third kappa shape index (κ3) is 3.48. The van der Waals surface area contributed by atoms with Gasteiger partial charge in [-0.3, -0.25) is 0 Å². The molecular formula is C23H18IN3O. The molecule has 0 saturated heterocycles. The number of aryl methyl sites for hydroxylation is 1. The molecule has 28 heavy (non-hydrogen) atoms. The van der Waals surface area contributed by atoms with Gasteiger partial charge in [-0.15, -0.1) is 0 Å². The Balaban J connectivity index is 1.73. The van der Waals surface area contributed by atoms with Crippen LogP contribution >= 0.6 is 22.6 Å². The second kappa shape index (κ2) is 7.64. The number of aliphatic imine (C=N–C) groups is 1. The molecule has 2 aromatic carbocycles. The Kier molecular flexibility index (Phi) is 5.05. The van der Waals surface area contributed by atoms with Crippen LogP contribution in [-0.2, 0) is 6.54 Å². The number of rotatable bonds is 4. The van der Waals surface area contributed by atoms with E-state index in [4.69, 9.17) is 4.42 Å². The number of hydrogen-bond acceptors (Lipinski definition) is 3. The van der Waals surface area contributed by atoms with Crippen molar-refractivity contribution in [3.63, 3.8) is 0 Å². The molecule has 0 aliphatic carbocycles. The van der Waals surface area contributed by atoms with Crippen LogP contribution in [0, 0.1) is 28.7 Å². The summed E-state index contributed by atoms with van der Waals surface area (Å²) in [5, 5.41) is 10.5. The van der Waals surface area contributed by atoms with E-state index < -0.39 is 0 Å². The first kappa shape index (κ1) is 18.5. The first-order chi connectivity index (χ1) is 13.6. The van der Waals surface area contributed by atoms with E-state index in [-0.39, 0.29) is 0 Å². The van der Waals surface area contributed by atoms with Crippen LogP contribution in [0.1, 0.15) is 28.0 Å². The average Bonchev–Trinajstić information content (AvgIpc) is 3.19. The Hall–Kier alpha value is -2.85. The zero-order valence-electron chi connectivity index (χ0n) is 15.6. The molecule has 0 atom stereocenters. The van der Waals surface area contributed by atoms with Crippen molar-refractivity contribution >= 4 is 45.6 Å². The molecule has 0 fully saturated rings. The molecule has 0 N–H and O–H groups in total. The van der Waals surface area contributed by atoms with Crippen molar-refractivity contribution in [2.45, 2.75) is 20.4 Å². The number of hydrogen-bond donors (Lipinski definition) is 0. The van der Waals surface area contributed by atoms with Gasteiger partial charge in [0.25, 0.3) is 0 Å². The third-order valence-electron chi connectivity index (χ3n) is 4.89. The Bertz CT molecular complexity index is 1220. The lowest BCUT2D eigenvalue weighted by Crippen LogP contribution is -1.97. The quantitative estimate of drug-likeness (QED) is 0.261. The van der Waals surface area contributed by atoms with Gasteiger partial charge in [-0.05, 0) is 60.2 Å². The number of benzene rings is 2. The summed E-state index contributed by atoms with van der Waals surface area (Å²) in [6, 6.07) is 19.0. The zero-order chi connectivity index (χ0) is 19.7. The molecule has 2 heterocycles. The Morgan fingerprint density at radius 3 is 2.64 bits per heavy atom. The highest BCUT2D eigenvalue weighted by Crippen LogP contribution is 2.28. The van der Waals surface area contributed by atoms with E-state index in [1.54, 1.807) is 6.21 Å². The molecule has 0 radical (unpaired) electrons. The molecule has 2 aromatic heterocycles. The molecule has 4 nitrogen and oxygen atoms in total. The highest BCUT2D eigenvalue weighted by molar-refractivity contribution is 14.1. The van der Waals surface area contributed by atoms with Crippen LogP contribution in [-0.4, -0.2) is 10.8 Å². The van der Waals surface area contributed by atoms with Crippen LogP contribution in [0.2, 0.25) is 0 Å². The van der Waals surface area contributed by atoms with Gasteiger partial charge in [-0.2, -0.15) is 5.26 Å². The van der Waals surface area contributed by atoms with E-state index in [2.05, 4.69) is 80.8 Å². The number of halogens is 1. The fraction of sp³-hybridized carbons (Fsp3) is 0.130. The fourth-order valence-corrected chi connectivity index (χ4v) is 3.61. The van der Waals surface area contributed by atoms with Gasteiger partial charge < -0.3 is 8.98 Å². The first-order valence-corrected chi connectivity index (χ1v) is 10.0. The second-order valence-electron chi connectivity index (χ2n) is 6.69. The molecule has 0 aliphatic rings. The molecular weight excluding hydrogens is 461 g/mol. The van der Waals surface area contributed by atoms with Crippen molar-refractivity contribution in [3.8, 4) is 6.07 Å². The largest absolute Gasteiger partial charge is 0.442 e. The summed E-state index contributed by atoms with van der Waals surface area (Å²) in [6.45, 7) is 4.51. The number of fused-ring (bicyclic) bond motifs is 1. The van der Waals surface area contributed by atoms with Crippen LogP contribution in [0.25, 0.3) is 10.9 Å². The summed E-state index contributed by atoms with van der Waals surface area (Å²) in [5.41, 5.74) is 4.73. The number of furan rings is 1. The van der Waals surface area contributed by atoms with Gasteiger partial charge in [0.05, 0.1) is 0 Å². The highest BCUT2D eigenvalue weighted by atomic mass is 127. The maximum Gasteiger partial charge on any atom is 0.237 e. The zero-order valence-corrected chi connectivity index (χ0v) is 17.8. The first-order valence-electron chi connectivity index (χ1n) is 8.93. The summed E-state index contributed by atoms with van der Waals surface area (Å²) in [4.78, 5) is 4.48. The summed E-state index contributed by atoms with van der Waals surface area (Å²) >= 11 is 2.32. The summed E-state index contributed by atoms with van der Waals surface area (Å²) < 4.78 is 9.11. The van der Waals surface area contributed by atoms with Crippen LogP contribution in [0.15, 0.2) is 64.1 Å². The summed E-state index contributed by atoms with van der Waals surface area (Å²) in [6.07, 6.45) is 3.88. The summed E-state index contributed by atoms with van der Waals surface area (Å²) in [7, 11) is 0. The van der Waals surface area contributed by atoms with Gasteiger partial charge in [-0.25, -0.2) is 4.99 Å². The highest BCUT2D eigenvalue weighted by Gasteiger charge is 2.13. The summed E-state index contributed by atoms with van der Waals surface area (Å²) in [5.74, 6) is 1.09. The molecule has 0 spiro atoms. The molecule has 0 bridgehead atoms. The van der Waals surface area contributed by atoms with Crippen molar-refractivity contribution in [2.75, 3.05) is 0 Å². The van der Waals surface area contributed by atoms with Crippen molar-refractivity contribution in [3.05, 3.63) is 86.3 Å². The van der Waals surface area contributed by atoms with E-state index in [9.17, 15) is 5.26 Å². The number of nitrogens with zero attached hydrogens (tertiary/aromatic N) is 3. The average molecular weight is 479 g/mol. The minimum atomic E-state index is 0.368. The van der Waals surface area contributed by atoms with Crippen molar-refractivity contribution < 1.29 is 4.42 Å². The van der Waals surface area contributed by atoms with Gasteiger partial charge in [0, 0.05) is 44.6 Å². The smallest absolute Gasteiger partial charge is 0.237 e. The molecule has 5 heteroatoms. The molecule has 0 amide bonds. The van der Waals surface area contributed by atoms with Gasteiger partial charge in [0.2, 0.25) is 5.88 Å². The molecule has 0 unspecified atom stereocenters. The van der Waals surface area contributed by atoms with Gasteiger partial charge >= 0.3 is 0 Å². The minimum Gasteiger partial charge on any atom is -0.442 e. The van der Waals surface area contributed by atoms with E-state index in [0.29, 0.717) is 11.4 Å². The second-order valence-corrected chi connectivity index (χ2v) is 7.93. The number of aromatic nitrogens is 1. The van der Waals surface area contributed by atoms with Crippen molar-refractivity contribution in [1.82, 2.24) is 4.57 Å². The molecule has 0 saturated carbocycles. The van der Waals surface area contributed by atoms with E-state index in [0.717, 1.165) is 34.3 Å². The van der Waals surface area contributed by atoms with Crippen molar-refractivity contribution in [2.24, 2.45) is 4.99 Å². The standard InChI is InChI=1S/C23H18IN3O/c1-15-16(2)28-23(21(15)11-25)26-12-18-14-27(22-6-4-3-5-20(18)22)13-17-7-9-19(24)10-8-17/h3-10,12,14H,13H2,1-2H3.